The Hall–Kier alpha value is -0.620. The lowest BCUT2D eigenvalue weighted by molar-refractivity contribution is 0.0841. The highest BCUT2D eigenvalue weighted by Gasteiger charge is 2.41. The Kier molecular flexibility index (Phi) is 3.08. The molecule has 1 aromatic carbocycles. The van der Waals surface area contributed by atoms with E-state index < -0.39 is 0 Å². The van der Waals surface area contributed by atoms with Crippen LogP contribution in [-0.2, 0) is 4.74 Å². The molecule has 2 bridgehead atoms. The molecule has 1 aromatic rings. The highest BCUT2D eigenvalue weighted by atomic mass is 127. The summed E-state index contributed by atoms with van der Waals surface area (Å²) >= 11 is 2.23. The molecule has 2 aliphatic heterocycles. The highest BCUT2D eigenvalue weighted by Crippen LogP contribution is 2.34. The SMILES string of the molecule is O=C(NC1CC2CCC1O2)c1ccc(I)cc1. The van der Waals surface area contributed by atoms with E-state index in [2.05, 4.69) is 27.9 Å². The van der Waals surface area contributed by atoms with E-state index in [1.807, 2.05) is 24.3 Å². The van der Waals surface area contributed by atoms with Crippen LogP contribution in [0.4, 0.5) is 0 Å². The molecule has 17 heavy (non-hydrogen) atoms. The molecular formula is C13H14INO2. The fourth-order valence-corrected chi connectivity index (χ4v) is 3.00. The van der Waals surface area contributed by atoms with Crippen LogP contribution in [0.3, 0.4) is 0 Å². The summed E-state index contributed by atoms with van der Waals surface area (Å²) in [6.07, 6.45) is 3.83. The van der Waals surface area contributed by atoms with Gasteiger partial charge in [0.15, 0.2) is 0 Å². The van der Waals surface area contributed by atoms with Gasteiger partial charge in [-0.3, -0.25) is 4.79 Å². The summed E-state index contributed by atoms with van der Waals surface area (Å²) in [4.78, 5) is 12.0. The minimum Gasteiger partial charge on any atom is -0.373 e. The summed E-state index contributed by atoms with van der Waals surface area (Å²) in [5, 5.41) is 3.08. The summed E-state index contributed by atoms with van der Waals surface area (Å²) in [6.45, 7) is 0. The predicted molar refractivity (Wildman–Crippen MR) is 72.9 cm³/mol. The Morgan fingerprint density at radius 3 is 2.65 bits per heavy atom. The molecule has 3 atom stereocenters. The molecule has 90 valence electrons. The van der Waals surface area contributed by atoms with Gasteiger partial charge in [0.1, 0.15) is 0 Å². The monoisotopic (exact) mass is 343 g/mol. The van der Waals surface area contributed by atoms with Crippen molar-refractivity contribution in [2.45, 2.75) is 37.5 Å². The molecule has 1 amide bonds. The van der Waals surface area contributed by atoms with E-state index in [0.717, 1.165) is 28.4 Å². The lowest BCUT2D eigenvalue weighted by atomic mass is 9.95. The Morgan fingerprint density at radius 2 is 2.06 bits per heavy atom. The zero-order valence-electron chi connectivity index (χ0n) is 9.36. The number of hydrogen-bond acceptors (Lipinski definition) is 2. The number of nitrogens with one attached hydrogen (secondary N) is 1. The van der Waals surface area contributed by atoms with Gasteiger partial charge in [-0.15, -0.1) is 0 Å². The number of amides is 1. The van der Waals surface area contributed by atoms with E-state index in [1.165, 1.54) is 0 Å². The molecule has 2 heterocycles. The van der Waals surface area contributed by atoms with Crippen LogP contribution in [0.2, 0.25) is 0 Å². The second-order valence-corrected chi connectivity index (χ2v) is 5.94. The summed E-state index contributed by atoms with van der Waals surface area (Å²) < 4.78 is 6.87. The lowest BCUT2D eigenvalue weighted by Crippen LogP contribution is -2.41. The topological polar surface area (TPSA) is 38.3 Å². The van der Waals surface area contributed by atoms with E-state index >= 15 is 0 Å². The van der Waals surface area contributed by atoms with Crippen molar-refractivity contribution in [1.29, 1.82) is 0 Å². The Balaban J connectivity index is 1.65. The van der Waals surface area contributed by atoms with Crippen LogP contribution in [-0.4, -0.2) is 24.2 Å². The number of fused-ring (bicyclic) bond motifs is 2. The summed E-state index contributed by atoms with van der Waals surface area (Å²) in [5.74, 6) is 0.0163. The molecular weight excluding hydrogens is 329 g/mol. The molecule has 0 aliphatic carbocycles. The molecule has 4 heteroatoms. The van der Waals surface area contributed by atoms with Crippen molar-refractivity contribution in [3.05, 3.63) is 33.4 Å². The Bertz CT molecular complexity index is 432. The van der Waals surface area contributed by atoms with Crippen molar-refractivity contribution in [2.75, 3.05) is 0 Å². The van der Waals surface area contributed by atoms with E-state index in [0.29, 0.717) is 6.10 Å². The third-order valence-corrected chi connectivity index (χ3v) is 4.25. The first kappa shape index (κ1) is 11.5. The van der Waals surface area contributed by atoms with Crippen LogP contribution in [0, 0.1) is 3.57 Å². The molecule has 0 saturated carbocycles. The van der Waals surface area contributed by atoms with Gasteiger partial charge in [0.2, 0.25) is 0 Å². The molecule has 3 nitrogen and oxygen atoms in total. The van der Waals surface area contributed by atoms with Gasteiger partial charge < -0.3 is 10.1 Å². The number of rotatable bonds is 2. The lowest BCUT2D eigenvalue weighted by Gasteiger charge is -2.19. The van der Waals surface area contributed by atoms with E-state index in [1.54, 1.807) is 0 Å². The number of carbonyl (C=O) groups excluding carboxylic acids is 1. The number of carbonyl (C=O) groups is 1. The van der Waals surface area contributed by atoms with Crippen molar-refractivity contribution >= 4 is 28.5 Å². The number of benzene rings is 1. The van der Waals surface area contributed by atoms with Crippen LogP contribution in [0.15, 0.2) is 24.3 Å². The first-order valence-electron chi connectivity index (χ1n) is 5.94. The molecule has 1 N–H and O–H groups in total. The van der Waals surface area contributed by atoms with E-state index in [9.17, 15) is 4.79 Å². The molecule has 0 radical (unpaired) electrons. The summed E-state index contributed by atoms with van der Waals surface area (Å²) in [5.41, 5.74) is 0.730. The Labute approximate surface area is 114 Å². The van der Waals surface area contributed by atoms with Crippen LogP contribution < -0.4 is 5.32 Å². The maximum Gasteiger partial charge on any atom is 0.251 e. The number of halogens is 1. The van der Waals surface area contributed by atoms with Gasteiger partial charge >= 0.3 is 0 Å². The molecule has 2 aliphatic rings. The largest absolute Gasteiger partial charge is 0.373 e. The smallest absolute Gasteiger partial charge is 0.251 e. The second-order valence-electron chi connectivity index (χ2n) is 4.70. The molecule has 2 fully saturated rings. The molecule has 3 rings (SSSR count). The van der Waals surface area contributed by atoms with Gasteiger partial charge in [-0.25, -0.2) is 0 Å². The van der Waals surface area contributed by atoms with Crippen LogP contribution in [0.25, 0.3) is 0 Å². The zero-order chi connectivity index (χ0) is 11.8. The van der Waals surface area contributed by atoms with Gasteiger partial charge in [0.05, 0.1) is 18.2 Å². The predicted octanol–water partition coefficient (Wildman–Crippen LogP) is 2.34. The van der Waals surface area contributed by atoms with Crippen LogP contribution in [0.1, 0.15) is 29.6 Å². The first-order valence-corrected chi connectivity index (χ1v) is 7.02. The maximum atomic E-state index is 12.0. The molecule has 3 unspecified atom stereocenters. The van der Waals surface area contributed by atoms with Gasteiger partial charge in [-0.1, -0.05) is 0 Å². The average molecular weight is 343 g/mol. The molecule has 0 spiro atoms. The average Bonchev–Trinajstić information content (AvgIpc) is 2.91. The minimum atomic E-state index is 0.0163. The van der Waals surface area contributed by atoms with Gasteiger partial charge in [-0.05, 0) is 66.1 Å². The summed E-state index contributed by atoms with van der Waals surface area (Å²) in [7, 11) is 0. The van der Waals surface area contributed by atoms with Crippen molar-refractivity contribution in [3.63, 3.8) is 0 Å². The van der Waals surface area contributed by atoms with Gasteiger partial charge in [0.25, 0.3) is 5.91 Å². The van der Waals surface area contributed by atoms with E-state index in [4.69, 9.17) is 4.74 Å². The number of ether oxygens (including phenoxy) is 1. The third kappa shape index (κ3) is 2.33. The fourth-order valence-electron chi connectivity index (χ4n) is 2.64. The fraction of sp³-hybridized carbons (Fsp3) is 0.462. The van der Waals surface area contributed by atoms with Crippen molar-refractivity contribution in [2.24, 2.45) is 0 Å². The highest BCUT2D eigenvalue weighted by molar-refractivity contribution is 14.1. The summed E-state index contributed by atoms with van der Waals surface area (Å²) in [6, 6.07) is 7.84. The zero-order valence-corrected chi connectivity index (χ0v) is 11.5. The first-order chi connectivity index (χ1) is 8.22. The quantitative estimate of drug-likeness (QED) is 0.838. The van der Waals surface area contributed by atoms with Crippen LogP contribution >= 0.6 is 22.6 Å². The van der Waals surface area contributed by atoms with E-state index in [-0.39, 0.29) is 18.1 Å². The van der Waals surface area contributed by atoms with Crippen molar-refractivity contribution in [1.82, 2.24) is 5.32 Å². The van der Waals surface area contributed by atoms with Crippen molar-refractivity contribution < 1.29 is 9.53 Å². The number of hydrogen-bond donors (Lipinski definition) is 1. The maximum absolute atomic E-state index is 12.0. The molecule has 0 aromatic heterocycles. The molecule has 2 saturated heterocycles. The third-order valence-electron chi connectivity index (χ3n) is 3.53. The van der Waals surface area contributed by atoms with Crippen molar-refractivity contribution in [3.8, 4) is 0 Å². The van der Waals surface area contributed by atoms with Gasteiger partial charge in [0, 0.05) is 9.13 Å². The second kappa shape index (κ2) is 4.57. The van der Waals surface area contributed by atoms with Gasteiger partial charge in [-0.2, -0.15) is 0 Å². The standard InChI is InChI=1S/C13H14INO2/c14-9-3-1-8(2-4-9)13(16)15-11-7-10-5-6-12(11)17-10/h1-4,10-12H,5-7H2,(H,15,16). The minimum absolute atomic E-state index is 0.0163. The van der Waals surface area contributed by atoms with Crippen LogP contribution in [0.5, 0.6) is 0 Å². The Morgan fingerprint density at radius 1 is 1.29 bits per heavy atom. The normalized spacial score (nSPS) is 30.5.